The Kier molecular flexibility index (Phi) is 4.47. The van der Waals surface area contributed by atoms with E-state index in [0.717, 1.165) is 17.4 Å². The number of hydrogen-bond acceptors (Lipinski definition) is 3. The van der Waals surface area contributed by atoms with Crippen molar-refractivity contribution >= 4 is 5.82 Å². The first kappa shape index (κ1) is 13.9. The highest BCUT2D eigenvalue weighted by molar-refractivity contribution is 5.55. The molecule has 1 saturated carbocycles. The molecule has 0 spiro atoms. The summed E-state index contributed by atoms with van der Waals surface area (Å²) >= 11 is 0. The molecule has 1 aromatic rings. The molecule has 1 N–H and O–H groups in total. The van der Waals surface area contributed by atoms with Crippen LogP contribution in [0.3, 0.4) is 0 Å². The Labute approximate surface area is 115 Å². The van der Waals surface area contributed by atoms with Gasteiger partial charge in [-0.25, -0.2) is 0 Å². The van der Waals surface area contributed by atoms with Crippen LogP contribution in [0.25, 0.3) is 0 Å². The Morgan fingerprint density at radius 3 is 2.63 bits per heavy atom. The van der Waals surface area contributed by atoms with E-state index in [0.29, 0.717) is 11.6 Å². The summed E-state index contributed by atoms with van der Waals surface area (Å²) in [7, 11) is 1.90. The molecule has 4 heteroatoms. The van der Waals surface area contributed by atoms with Gasteiger partial charge in [0.15, 0.2) is 0 Å². The zero-order valence-electron chi connectivity index (χ0n) is 12.2. The maximum Gasteiger partial charge on any atom is 0.142 e. The lowest BCUT2D eigenvalue weighted by Crippen LogP contribution is -2.27. The SMILES string of the molecule is CCCC1CCC(Nc2c(C#N)c(C)nn2C)CC1. The van der Waals surface area contributed by atoms with Crippen molar-refractivity contribution in [1.29, 1.82) is 5.26 Å². The zero-order valence-corrected chi connectivity index (χ0v) is 12.2. The highest BCUT2D eigenvalue weighted by atomic mass is 15.3. The molecule has 1 heterocycles. The van der Waals surface area contributed by atoms with Crippen molar-refractivity contribution in [3.05, 3.63) is 11.3 Å². The van der Waals surface area contributed by atoms with E-state index in [9.17, 15) is 5.26 Å². The predicted octanol–water partition coefficient (Wildman–Crippen LogP) is 3.37. The summed E-state index contributed by atoms with van der Waals surface area (Å²) in [5.74, 6) is 1.80. The van der Waals surface area contributed by atoms with E-state index in [1.165, 1.54) is 38.5 Å². The molecule has 1 aliphatic rings. The van der Waals surface area contributed by atoms with Crippen LogP contribution in [0.5, 0.6) is 0 Å². The highest BCUT2D eigenvalue weighted by Crippen LogP contribution is 2.30. The quantitative estimate of drug-likeness (QED) is 0.903. The number of nitriles is 1. The lowest BCUT2D eigenvalue weighted by Gasteiger charge is -2.29. The van der Waals surface area contributed by atoms with Crippen molar-refractivity contribution in [2.24, 2.45) is 13.0 Å². The smallest absolute Gasteiger partial charge is 0.142 e. The first-order chi connectivity index (χ1) is 9.15. The van der Waals surface area contributed by atoms with Gasteiger partial charge in [-0.1, -0.05) is 19.8 Å². The van der Waals surface area contributed by atoms with Gasteiger partial charge in [-0.05, 0) is 38.5 Å². The predicted molar refractivity (Wildman–Crippen MR) is 76.9 cm³/mol. The molecule has 0 amide bonds. The van der Waals surface area contributed by atoms with E-state index in [4.69, 9.17) is 0 Å². The summed E-state index contributed by atoms with van der Waals surface area (Å²) in [5.41, 5.74) is 1.50. The molecule has 2 rings (SSSR count). The van der Waals surface area contributed by atoms with Gasteiger partial charge in [-0.2, -0.15) is 10.4 Å². The maximum atomic E-state index is 9.21. The Balaban J connectivity index is 1.98. The van der Waals surface area contributed by atoms with Gasteiger partial charge in [-0.15, -0.1) is 0 Å². The summed E-state index contributed by atoms with van der Waals surface area (Å²) in [6.45, 7) is 4.16. The molecule has 0 aliphatic heterocycles. The summed E-state index contributed by atoms with van der Waals surface area (Å²) in [5, 5.41) is 17.1. The molecule has 0 unspecified atom stereocenters. The molecule has 104 valence electrons. The minimum atomic E-state index is 0.495. The Morgan fingerprint density at radius 1 is 1.37 bits per heavy atom. The average molecular weight is 260 g/mol. The van der Waals surface area contributed by atoms with Gasteiger partial charge in [0, 0.05) is 13.1 Å². The first-order valence-electron chi connectivity index (χ1n) is 7.36. The van der Waals surface area contributed by atoms with Gasteiger partial charge in [0.25, 0.3) is 0 Å². The third-order valence-electron chi connectivity index (χ3n) is 4.22. The normalized spacial score (nSPS) is 23.1. The molecular weight excluding hydrogens is 236 g/mol. The lowest BCUT2D eigenvalue weighted by molar-refractivity contribution is 0.318. The van der Waals surface area contributed by atoms with E-state index in [1.807, 2.05) is 14.0 Å². The van der Waals surface area contributed by atoms with Crippen LogP contribution < -0.4 is 5.32 Å². The van der Waals surface area contributed by atoms with Gasteiger partial charge in [0.2, 0.25) is 0 Å². The van der Waals surface area contributed by atoms with E-state index in [1.54, 1.807) is 4.68 Å². The fraction of sp³-hybridized carbons (Fsp3) is 0.733. The van der Waals surface area contributed by atoms with Crippen LogP contribution in [0.2, 0.25) is 0 Å². The summed E-state index contributed by atoms with van der Waals surface area (Å²) < 4.78 is 1.80. The third-order valence-corrected chi connectivity index (χ3v) is 4.22. The number of aromatic nitrogens is 2. The molecule has 4 nitrogen and oxygen atoms in total. The van der Waals surface area contributed by atoms with E-state index in [-0.39, 0.29) is 0 Å². The second-order valence-corrected chi connectivity index (χ2v) is 5.70. The van der Waals surface area contributed by atoms with Crippen molar-refractivity contribution in [2.75, 3.05) is 5.32 Å². The molecule has 1 aliphatic carbocycles. The molecule has 0 saturated heterocycles. The Hall–Kier alpha value is -1.50. The average Bonchev–Trinajstić information content (AvgIpc) is 2.66. The molecule has 1 aromatic heterocycles. The van der Waals surface area contributed by atoms with Gasteiger partial charge in [0.1, 0.15) is 17.5 Å². The molecular formula is C15H24N4. The fourth-order valence-electron chi connectivity index (χ4n) is 3.15. The van der Waals surface area contributed by atoms with E-state index < -0.39 is 0 Å². The van der Waals surface area contributed by atoms with Crippen LogP contribution in [0.1, 0.15) is 56.7 Å². The second-order valence-electron chi connectivity index (χ2n) is 5.70. The second kappa shape index (κ2) is 6.10. The summed E-state index contributed by atoms with van der Waals surface area (Å²) in [4.78, 5) is 0. The summed E-state index contributed by atoms with van der Waals surface area (Å²) in [6.07, 6.45) is 7.69. The molecule has 19 heavy (non-hydrogen) atoms. The maximum absolute atomic E-state index is 9.21. The van der Waals surface area contributed by atoms with Crippen molar-refractivity contribution < 1.29 is 0 Å². The first-order valence-corrected chi connectivity index (χ1v) is 7.36. The topological polar surface area (TPSA) is 53.6 Å². The zero-order chi connectivity index (χ0) is 13.8. The number of nitrogens with zero attached hydrogens (tertiary/aromatic N) is 3. The number of hydrogen-bond donors (Lipinski definition) is 1. The standard InChI is InChI=1S/C15H24N4/c1-4-5-12-6-8-13(9-7-12)17-15-14(10-16)11(2)18-19(15)3/h12-13,17H,4-9H2,1-3H3. The fourth-order valence-corrected chi connectivity index (χ4v) is 3.15. The van der Waals surface area contributed by atoms with Gasteiger partial charge < -0.3 is 5.32 Å². The van der Waals surface area contributed by atoms with Crippen molar-refractivity contribution in [1.82, 2.24) is 9.78 Å². The lowest BCUT2D eigenvalue weighted by atomic mass is 9.83. The number of nitrogens with one attached hydrogen (secondary N) is 1. The summed E-state index contributed by atoms with van der Waals surface area (Å²) in [6, 6.07) is 2.75. The number of rotatable bonds is 4. The number of aryl methyl sites for hydroxylation is 2. The van der Waals surface area contributed by atoms with Crippen LogP contribution in [0.15, 0.2) is 0 Å². The Morgan fingerprint density at radius 2 is 2.05 bits per heavy atom. The number of anilines is 1. The molecule has 0 radical (unpaired) electrons. The van der Waals surface area contributed by atoms with Crippen molar-refractivity contribution in [3.8, 4) is 6.07 Å². The van der Waals surface area contributed by atoms with Gasteiger partial charge in [-0.3, -0.25) is 4.68 Å². The van der Waals surface area contributed by atoms with Gasteiger partial charge >= 0.3 is 0 Å². The van der Waals surface area contributed by atoms with Gasteiger partial charge in [0.05, 0.1) is 5.69 Å². The monoisotopic (exact) mass is 260 g/mol. The minimum Gasteiger partial charge on any atom is -0.366 e. The van der Waals surface area contributed by atoms with Crippen LogP contribution in [-0.4, -0.2) is 15.8 Å². The van der Waals surface area contributed by atoms with Crippen LogP contribution in [0, 0.1) is 24.2 Å². The molecule has 1 fully saturated rings. The van der Waals surface area contributed by atoms with E-state index >= 15 is 0 Å². The van der Waals surface area contributed by atoms with E-state index in [2.05, 4.69) is 23.4 Å². The van der Waals surface area contributed by atoms with Crippen LogP contribution >= 0.6 is 0 Å². The van der Waals surface area contributed by atoms with Crippen molar-refractivity contribution in [3.63, 3.8) is 0 Å². The molecule has 0 atom stereocenters. The molecule has 0 aromatic carbocycles. The van der Waals surface area contributed by atoms with Crippen molar-refractivity contribution in [2.45, 2.75) is 58.4 Å². The largest absolute Gasteiger partial charge is 0.366 e. The Bertz CT molecular complexity index is 461. The highest BCUT2D eigenvalue weighted by Gasteiger charge is 2.23. The third kappa shape index (κ3) is 3.09. The minimum absolute atomic E-state index is 0.495. The van der Waals surface area contributed by atoms with Crippen LogP contribution in [-0.2, 0) is 7.05 Å². The molecule has 0 bridgehead atoms. The van der Waals surface area contributed by atoms with Crippen LogP contribution in [0.4, 0.5) is 5.82 Å².